The van der Waals surface area contributed by atoms with Crippen LogP contribution in [0.3, 0.4) is 0 Å². The first-order valence-electron chi connectivity index (χ1n) is 4.58. The molecule has 6 heteroatoms. The van der Waals surface area contributed by atoms with Crippen LogP contribution in [0.2, 0.25) is 0 Å². The van der Waals surface area contributed by atoms with Gasteiger partial charge >= 0.3 is 6.18 Å². The highest BCUT2D eigenvalue weighted by Gasteiger charge is 2.37. The van der Waals surface area contributed by atoms with E-state index in [-0.39, 0.29) is 4.47 Å². The van der Waals surface area contributed by atoms with Gasteiger partial charge in [-0.3, -0.25) is 0 Å². The Kier molecular flexibility index (Phi) is 3.10. The smallest absolute Gasteiger partial charge is 0.316 e. The molecule has 0 aliphatic carbocycles. The highest BCUT2D eigenvalue weighted by atomic mass is 79.9. The van der Waals surface area contributed by atoms with Crippen molar-refractivity contribution in [1.29, 1.82) is 0 Å². The molecule has 0 spiro atoms. The van der Waals surface area contributed by atoms with Crippen molar-refractivity contribution in [3.63, 3.8) is 0 Å². The van der Waals surface area contributed by atoms with E-state index in [0.717, 1.165) is 34.9 Å². The number of nitrogens with one attached hydrogen (secondary N) is 1. The van der Waals surface area contributed by atoms with Crippen LogP contribution >= 0.6 is 27.3 Å². The molecule has 0 aromatic carbocycles. The summed E-state index contributed by atoms with van der Waals surface area (Å²) in [6.45, 7) is 1.51. The van der Waals surface area contributed by atoms with Crippen LogP contribution < -0.4 is 5.32 Å². The first-order chi connectivity index (χ1) is 7.00. The Labute approximate surface area is 97.8 Å². The molecular formula is C9H9BrF3NS. The average Bonchev–Trinajstić information content (AvgIpc) is 2.36. The predicted molar refractivity (Wildman–Crippen MR) is 57.3 cm³/mol. The molecule has 1 aliphatic rings. The number of fused-ring (bicyclic) bond motifs is 1. The number of halogens is 4. The fourth-order valence-electron chi connectivity index (χ4n) is 1.66. The van der Waals surface area contributed by atoms with Gasteiger partial charge in [-0.15, -0.1) is 11.3 Å². The molecule has 0 saturated heterocycles. The van der Waals surface area contributed by atoms with E-state index in [1.165, 1.54) is 0 Å². The fourth-order valence-corrected chi connectivity index (χ4v) is 3.81. The lowest BCUT2D eigenvalue weighted by atomic mass is 10.1. The number of rotatable bonds is 0. The Bertz CT molecular complexity index is 372. The Hall–Kier alpha value is -0.0700. The lowest BCUT2D eigenvalue weighted by Gasteiger charge is -2.04. The van der Waals surface area contributed by atoms with Crippen LogP contribution in [0.1, 0.15) is 15.3 Å². The van der Waals surface area contributed by atoms with Gasteiger partial charge in [0.15, 0.2) is 0 Å². The highest BCUT2D eigenvalue weighted by Crippen LogP contribution is 2.44. The van der Waals surface area contributed by atoms with Crippen molar-refractivity contribution in [2.24, 2.45) is 0 Å². The summed E-state index contributed by atoms with van der Waals surface area (Å²) < 4.78 is 38.1. The zero-order chi connectivity index (χ0) is 11.1. The quantitative estimate of drug-likeness (QED) is 0.776. The third-order valence-electron chi connectivity index (χ3n) is 2.36. The Morgan fingerprint density at radius 3 is 2.53 bits per heavy atom. The summed E-state index contributed by atoms with van der Waals surface area (Å²) in [7, 11) is 0. The van der Waals surface area contributed by atoms with Crippen molar-refractivity contribution in [3.05, 3.63) is 19.8 Å². The minimum absolute atomic E-state index is 0.249. The van der Waals surface area contributed by atoms with E-state index in [0.29, 0.717) is 12.8 Å². The van der Waals surface area contributed by atoms with Crippen molar-refractivity contribution >= 4 is 27.3 Å². The van der Waals surface area contributed by atoms with Gasteiger partial charge in [-0.05, 0) is 47.4 Å². The van der Waals surface area contributed by atoms with Crippen molar-refractivity contribution in [2.75, 3.05) is 13.1 Å². The highest BCUT2D eigenvalue weighted by molar-refractivity contribution is 9.10. The summed E-state index contributed by atoms with van der Waals surface area (Å²) in [5.41, 5.74) is 0.831. The number of thiophene rings is 1. The molecule has 0 fully saturated rings. The van der Waals surface area contributed by atoms with E-state index < -0.39 is 11.1 Å². The largest absolute Gasteiger partial charge is 0.426 e. The number of hydrogen-bond donors (Lipinski definition) is 1. The van der Waals surface area contributed by atoms with Crippen LogP contribution in [0.4, 0.5) is 13.2 Å². The summed E-state index contributed by atoms with van der Waals surface area (Å²) in [4.78, 5) is 0.369. The molecule has 0 bridgehead atoms. The van der Waals surface area contributed by atoms with Crippen molar-refractivity contribution in [3.8, 4) is 0 Å². The van der Waals surface area contributed by atoms with Gasteiger partial charge in [0, 0.05) is 9.35 Å². The van der Waals surface area contributed by atoms with Gasteiger partial charge < -0.3 is 5.32 Å². The molecule has 1 nitrogen and oxygen atoms in total. The van der Waals surface area contributed by atoms with Crippen molar-refractivity contribution in [2.45, 2.75) is 19.0 Å². The Morgan fingerprint density at radius 2 is 1.87 bits per heavy atom. The van der Waals surface area contributed by atoms with E-state index >= 15 is 0 Å². The first-order valence-corrected chi connectivity index (χ1v) is 6.19. The van der Waals surface area contributed by atoms with Crippen molar-refractivity contribution < 1.29 is 13.2 Å². The van der Waals surface area contributed by atoms with Gasteiger partial charge in [-0.1, -0.05) is 0 Å². The maximum atomic E-state index is 12.6. The zero-order valence-corrected chi connectivity index (χ0v) is 10.2. The van der Waals surface area contributed by atoms with Gasteiger partial charge in [0.25, 0.3) is 0 Å². The zero-order valence-electron chi connectivity index (χ0n) is 7.75. The third-order valence-corrected chi connectivity index (χ3v) is 4.84. The van der Waals surface area contributed by atoms with Crippen LogP contribution in [-0.4, -0.2) is 13.1 Å². The minimum atomic E-state index is -4.23. The Balaban J connectivity index is 2.45. The molecule has 0 amide bonds. The number of hydrogen-bond acceptors (Lipinski definition) is 2. The molecule has 0 unspecified atom stereocenters. The molecule has 1 N–H and O–H groups in total. The standard InChI is InChI=1S/C9H9BrF3NS/c10-7-5-1-3-14-4-2-6(5)15-8(7)9(11,12)13/h14H,1-4H2. The van der Waals surface area contributed by atoms with Crippen LogP contribution in [0.15, 0.2) is 4.47 Å². The molecule has 2 heterocycles. The second-order valence-corrected chi connectivity index (χ2v) is 5.29. The van der Waals surface area contributed by atoms with Crippen molar-refractivity contribution in [1.82, 2.24) is 5.32 Å². The fraction of sp³-hybridized carbons (Fsp3) is 0.556. The van der Waals surface area contributed by atoms with E-state index in [9.17, 15) is 13.2 Å². The van der Waals surface area contributed by atoms with Crippen LogP contribution in [-0.2, 0) is 19.0 Å². The summed E-state index contributed by atoms with van der Waals surface area (Å²) in [6.07, 6.45) is -2.87. The third kappa shape index (κ3) is 2.21. The van der Waals surface area contributed by atoms with Gasteiger partial charge in [-0.2, -0.15) is 13.2 Å². The van der Waals surface area contributed by atoms with E-state index in [1.807, 2.05) is 0 Å². The lowest BCUT2D eigenvalue weighted by molar-refractivity contribution is -0.134. The van der Waals surface area contributed by atoms with Gasteiger partial charge in [0.05, 0.1) is 0 Å². The SMILES string of the molecule is FC(F)(F)c1sc2c(c1Br)CCNCC2. The lowest BCUT2D eigenvalue weighted by Crippen LogP contribution is -2.16. The molecule has 2 rings (SSSR count). The summed E-state index contributed by atoms with van der Waals surface area (Å²) in [5, 5.41) is 3.17. The monoisotopic (exact) mass is 299 g/mol. The molecular weight excluding hydrogens is 291 g/mol. The molecule has 15 heavy (non-hydrogen) atoms. The van der Waals surface area contributed by atoms with Crippen LogP contribution in [0.5, 0.6) is 0 Å². The maximum absolute atomic E-state index is 12.6. The van der Waals surface area contributed by atoms with E-state index in [2.05, 4.69) is 21.2 Å². The first kappa shape index (κ1) is 11.4. The summed E-state index contributed by atoms with van der Waals surface area (Å²) >= 11 is 3.94. The number of alkyl halides is 3. The molecule has 0 atom stereocenters. The van der Waals surface area contributed by atoms with E-state index in [4.69, 9.17) is 0 Å². The van der Waals surface area contributed by atoms with Gasteiger partial charge in [0.1, 0.15) is 4.88 Å². The molecule has 0 saturated carbocycles. The normalized spacial score (nSPS) is 17.3. The molecule has 84 valence electrons. The molecule has 1 aromatic rings. The molecule has 1 aliphatic heterocycles. The summed E-state index contributed by atoms with van der Waals surface area (Å²) in [5.74, 6) is 0. The van der Waals surface area contributed by atoms with Gasteiger partial charge in [0.2, 0.25) is 0 Å². The second kappa shape index (κ2) is 4.07. The Morgan fingerprint density at radius 1 is 1.20 bits per heavy atom. The molecule has 0 radical (unpaired) electrons. The maximum Gasteiger partial charge on any atom is 0.426 e. The predicted octanol–water partition coefficient (Wildman–Crippen LogP) is 3.22. The van der Waals surface area contributed by atoms with E-state index in [1.54, 1.807) is 0 Å². The average molecular weight is 300 g/mol. The van der Waals surface area contributed by atoms with Crippen LogP contribution in [0, 0.1) is 0 Å². The second-order valence-electron chi connectivity index (χ2n) is 3.39. The minimum Gasteiger partial charge on any atom is -0.316 e. The van der Waals surface area contributed by atoms with Gasteiger partial charge in [-0.25, -0.2) is 0 Å². The van der Waals surface area contributed by atoms with Crippen LogP contribution in [0.25, 0.3) is 0 Å². The summed E-state index contributed by atoms with van der Waals surface area (Å²) in [6, 6.07) is 0. The molecule has 1 aromatic heterocycles. The topological polar surface area (TPSA) is 12.0 Å².